The molecule has 1 saturated carbocycles. The number of nitriles is 2. The van der Waals surface area contributed by atoms with E-state index in [1.165, 1.54) is 24.3 Å². The SMILES string of the molecule is CC(C)(C)CC1NC(C(=O)NCCOCCOCCOCCOc2ccc(C(=O)N[C@H]3C(C)(C)[C@H](Oc4ccc(C#N)c(Cl)c4)C3(C)C)cc2)C(c2cccc(Cl)c2F)[C@@]1(C#N)c1ccc(Cl)cc1F. The average Bonchev–Trinajstić information content (AvgIpc) is 3.62. The van der Waals surface area contributed by atoms with E-state index in [0.717, 1.165) is 6.07 Å². The van der Waals surface area contributed by atoms with Crippen molar-refractivity contribution >= 4 is 46.6 Å². The lowest BCUT2D eigenvalue weighted by Crippen LogP contribution is -2.74. The Morgan fingerprint density at radius 3 is 2.01 bits per heavy atom. The van der Waals surface area contributed by atoms with Crippen molar-refractivity contribution in [3.63, 3.8) is 0 Å². The number of carbonyl (C=O) groups is 2. The molecule has 2 aliphatic rings. The molecule has 2 amide bonds. The maximum absolute atomic E-state index is 15.9. The normalized spacial score (nSPS) is 22.3. The summed E-state index contributed by atoms with van der Waals surface area (Å²) in [7, 11) is 0. The molecule has 17 heteroatoms. The zero-order valence-corrected chi connectivity index (χ0v) is 42.7. The molecule has 2 fully saturated rings. The average molecular weight is 1020 g/mol. The Morgan fingerprint density at radius 2 is 1.41 bits per heavy atom. The van der Waals surface area contributed by atoms with E-state index in [4.69, 9.17) is 58.5 Å². The van der Waals surface area contributed by atoms with Gasteiger partial charge in [0, 0.05) is 57.6 Å². The van der Waals surface area contributed by atoms with Crippen LogP contribution in [0.25, 0.3) is 0 Å². The number of carbonyl (C=O) groups excluding carboxylic acids is 2. The van der Waals surface area contributed by atoms with Crippen LogP contribution >= 0.6 is 34.8 Å². The first-order valence-corrected chi connectivity index (χ1v) is 24.3. The molecule has 0 radical (unpaired) electrons. The largest absolute Gasteiger partial charge is 0.491 e. The molecule has 374 valence electrons. The van der Waals surface area contributed by atoms with Crippen LogP contribution < -0.4 is 25.4 Å². The van der Waals surface area contributed by atoms with Crippen molar-refractivity contribution in [1.82, 2.24) is 16.0 Å². The van der Waals surface area contributed by atoms with E-state index in [-0.39, 0.29) is 77.6 Å². The number of nitrogens with zero attached hydrogens (tertiary/aromatic N) is 2. The van der Waals surface area contributed by atoms with Crippen molar-refractivity contribution in [2.24, 2.45) is 16.2 Å². The highest BCUT2D eigenvalue weighted by molar-refractivity contribution is 6.32. The fourth-order valence-corrected chi connectivity index (χ4v) is 10.7. The van der Waals surface area contributed by atoms with Gasteiger partial charge in [0.1, 0.15) is 47.3 Å². The molecular formula is C53H60Cl3F2N5O7. The van der Waals surface area contributed by atoms with Crippen LogP contribution in [-0.2, 0) is 24.4 Å². The Labute approximate surface area is 424 Å². The lowest BCUT2D eigenvalue weighted by atomic mass is 9.49. The number of halogens is 5. The van der Waals surface area contributed by atoms with Gasteiger partial charge in [0.05, 0.1) is 67.4 Å². The molecule has 1 aliphatic heterocycles. The number of rotatable bonds is 21. The van der Waals surface area contributed by atoms with Gasteiger partial charge in [0.2, 0.25) is 5.91 Å². The molecule has 12 nitrogen and oxygen atoms in total. The standard InChI is InChI=1S/C53H60Cl3F2N5O7/c1-50(2,3)29-42-53(31-60,38-18-14-34(54)27-41(38)57)43(37-9-8-10-39(55)44(37)58)45(62-42)47(65)61-19-20-66-21-22-67-23-24-68-25-26-69-35-15-11-32(12-16-35)46(64)63-48-51(4,5)49(52(48,6)7)70-36-17-13-33(30-59)40(56)28-36/h8-18,27-28,42-43,45,48-49,62H,19-26,29H2,1-7H3,(H,61,65)(H,63,64)/t42?,43?,45?,48-,49-,53-/m0/s1. The molecule has 1 saturated heterocycles. The maximum Gasteiger partial charge on any atom is 0.251 e. The monoisotopic (exact) mass is 1020 g/mol. The second kappa shape index (κ2) is 23.0. The summed E-state index contributed by atoms with van der Waals surface area (Å²) in [4.78, 5) is 27.3. The maximum atomic E-state index is 15.9. The van der Waals surface area contributed by atoms with E-state index >= 15 is 8.78 Å². The number of ether oxygens (including phenoxy) is 5. The van der Waals surface area contributed by atoms with Gasteiger partial charge < -0.3 is 39.6 Å². The second-order valence-electron chi connectivity index (χ2n) is 20.0. The minimum Gasteiger partial charge on any atom is -0.491 e. The van der Waals surface area contributed by atoms with Crippen LogP contribution in [0.5, 0.6) is 11.5 Å². The number of benzene rings is 4. The fraction of sp³-hybridized carbons (Fsp3) is 0.472. The topological polar surface area (TPSA) is 164 Å². The molecule has 0 bridgehead atoms. The third kappa shape index (κ3) is 12.2. The van der Waals surface area contributed by atoms with Gasteiger partial charge in [-0.05, 0) is 72.0 Å². The van der Waals surface area contributed by atoms with Gasteiger partial charge in [-0.3, -0.25) is 9.59 Å². The Kier molecular flexibility index (Phi) is 17.9. The summed E-state index contributed by atoms with van der Waals surface area (Å²) >= 11 is 18.6. The molecule has 4 aromatic rings. The van der Waals surface area contributed by atoms with Gasteiger partial charge in [-0.2, -0.15) is 10.5 Å². The molecule has 4 atom stereocenters. The highest BCUT2D eigenvalue weighted by Crippen LogP contribution is 2.56. The Balaban J connectivity index is 0.889. The van der Waals surface area contributed by atoms with Crippen LogP contribution in [-0.4, -0.2) is 88.8 Å². The predicted octanol–water partition coefficient (Wildman–Crippen LogP) is 9.98. The van der Waals surface area contributed by atoms with E-state index in [1.807, 2.05) is 48.5 Å². The quantitative estimate of drug-likeness (QED) is 0.0685. The minimum atomic E-state index is -1.73. The Hall–Kier alpha value is -5.03. The fourth-order valence-electron chi connectivity index (χ4n) is 10.2. The highest BCUT2D eigenvalue weighted by atomic mass is 35.5. The Bertz CT molecular complexity index is 2570. The van der Waals surface area contributed by atoms with Crippen LogP contribution in [0.3, 0.4) is 0 Å². The van der Waals surface area contributed by atoms with Crippen molar-refractivity contribution in [1.29, 1.82) is 10.5 Å². The molecule has 3 unspecified atom stereocenters. The van der Waals surface area contributed by atoms with Gasteiger partial charge >= 0.3 is 0 Å². The highest BCUT2D eigenvalue weighted by Gasteiger charge is 2.64. The van der Waals surface area contributed by atoms with Gasteiger partial charge in [0.15, 0.2) is 0 Å². The molecule has 3 N–H and O–H groups in total. The molecule has 6 rings (SSSR count). The first-order valence-electron chi connectivity index (χ1n) is 23.1. The molecule has 70 heavy (non-hydrogen) atoms. The Morgan fingerprint density at radius 1 is 0.786 bits per heavy atom. The van der Waals surface area contributed by atoms with Crippen molar-refractivity contribution < 1.29 is 42.1 Å². The first-order chi connectivity index (χ1) is 33.1. The lowest BCUT2D eigenvalue weighted by molar-refractivity contribution is -0.164. The third-order valence-electron chi connectivity index (χ3n) is 13.1. The zero-order valence-electron chi connectivity index (χ0n) is 40.4. The van der Waals surface area contributed by atoms with Crippen molar-refractivity contribution in [2.45, 2.75) is 90.4 Å². The minimum absolute atomic E-state index is 0.00327. The summed E-state index contributed by atoms with van der Waals surface area (Å²) in [5.41, 5.74) is -2.01. The van der Waals surface area contributed by atoms with Crippen LogP contribution in [0, 0.1) is 50.5 Å². The lowest BCUT2D eigenvalue weighted by Gasteiger charge is -2.63. The molecular weight excluding hydrogens is 963 g/mol. The number of hydrogen-bond donors (Lipinski definition) is 3. The third-order valence-corrected chi connectivity index (χ3v) is 13.9. The summed E-state index contributed by atoms with van der Waals surface area (Å²) in [6.07, 6.45) is 0.130. The van der Waals surface area contributed by atoms with E-state index in [9.17, 15) is 20.1 Å². The van der Waals surface area contributed by atoms with Crippen molar-refractivity contribution in [3.05, 3.63) is 128 Å². The molecule has 0 spiro atoms. The molecule has 4 aromatic carbocycles. The van der Waals surface area contributed by atoms with Gasteiger partial charge in [-0.1, -0.05) is 101 Å². The van der Waals surface area contributed by atoms with Gasteiger partial charge in [-0.15, -0.1) is 0 Å². The summed E-state index contributed by atoms with van der Waals surface area (Å²) in [5.74, 6) is -2.26. The van der Waals surface area contributed by atoms with Crippen LogP contribution in [0.2, 0.25) is 15.1 Å². The van der Waals surface area contributed by atoms with E-state index in [1.54, 1.807) is 48.5 Å². The van der Waals surface area contributed by atoms with E-state index in [0.29, 0.717) is 53.9 Å². The van der Waals surface area contributed by atoms with Crippen LogP contribution in [0.15, 0.2) is 78.9 Å². The van der Waals surface area contributed by atoms with E-state index in [2.05, 4.69) is 28.1 Å². The number of nitrogens with one attached hydrogen (secondary N) is 3. The second-order valence-corrected chi connectivity index (χ2v) is 21.2. The van der Waals surface area contributed by atoms with Gasteiger partial charge in [0.25, 0.3) is 5.91 Å². The summed E-state index contributed by atoms with van der Waals surface area (Å²) < 4.78 is 60.9. The number of amides is 2. The molecule has 0 aromatic heterocycles. The summed E-state index contributed by atoms with van der Waals surface area (Å²) in [6, 6.07) is 22.6. The van der Waals surface area contributed by atoms with Crippen molar-refractivity contribution in [3.8, 4) is 23.6 Å². The predicted molar refractivity (Wildman–Crippen MR) is 264 cm³/mol. The first kappa shape index (κ1) is 54.3. The van der Waals surface area contributed by atoms with Crippen LogP contribution in [0.4, 0.5) is 8.78 Å². The van der Waals surface area contributed by atoms with Crippen molar-refractivity contribution in [2.75, 3.05) is 52.8 Å². The zero-order chi connectivity index (χ0) is 51.0. The molecule has 1 aliphatic carbocycles. The number of hydrogen-bond acceptors (Lipinski definition) is 10. The van der Waals surface area contributed by atoms with Gasteiger partial charge in [-0.25, -0.2) is 8.78 Å². The molecule has 1 heterocycles. The van der Waals surface area contributed by atoms with E-state index < -0.39 is 51.8 Å². The smallest absolute Gasteiger partial charge is 0.251 e. The summed E-state index contributed by atoms with van der Waals surface area (Å²) in [5, 5.41) is 29.8. The van der Waals surface area contributed by atoms with Crippen LogP contribution in [0.1, 0.15) is 87.9 Å². The summed E-state index contributed by atoms with van der Waals surface area (Å²) in [6.45, 7) is 16.1.